The van der Waals surface area contributed by atoms with Crippen LogP contribution in [-0.2, 0) is 14.3 Å². The van der Waals surface area contributed by atoms with Crippen molar-refractivity contribution in [2.75, 3.05) is 59.0 Å². The summed E-state index contributed by atoms with van der Waals surface area (Å²) >= 11 is 0. The molecule has 3 rings (SSSR count). The average Bonchev–Trinajstić information content (AvgIpc) is 2.97. The lowest BCUT2D eigenvalue weighted by Crippen LogP contribution is -2.47. The lowest BCUT2D eigenvalue weighted by Gasteiger charge is -2.37. The van der Waals surface area contributed by atoms with Crippen LogP contribution >= 0.6 is 0 Å². The van der Waals surface area contributed by atoms with Crippen LogP contribution in [0.25, 0.3) is 0 Å². The van der Waals surface area contributed by atoms with E-state index in [0.717, 1.165) is 39.4 Å². The van der Waals surface area contributed by atoms with Gasteiger partial charge in [-0.15, -0.1) is 0 Å². The Morgan fingerprint density at radius 2 is 2.00 bits per heavy atom. The number of carbonyl (C=O) groups excluding carboxylic acids is 1. The van der Waals surface area contributed by atoms with E-state index in [9.17, 15) is 14.7 Å². The predicted octanol–water partition coefficient (Wildman–Crippen LogP) is -0.523. The van der Waals surface area contributed by atoms with E-state index in [2.05, 4.69) is 29.0 Å². The van der Waals surface area contributed by atoms with E-state index in [1.165, 1.54) is 0 Å². The number of carboxylic acids is 1. The van der Waals surface area contributed by atoms with E-state index in [-0.39, 0.29) is 17.9 Å². The molecule has 0 saturated carbocycles. The predicted molar refractivity (Wildman–Crippen MR) is 84.0 cm³/mol. The molecule has 3 aliphatic rings. The number of hydrogen-bond donors (Lipinski definition) is 2. The minimum Gasteiger partial charge on any atom is -0.481 e. The minimum atomic E-state index is -0.938. The van der Waals surface area contributed by atoms with Crippen LogP contribution in [0.2, 0.25) is 0 Å². The second-order valence-corrected chi connectivity index (χ2v) is 7.95. The molecule has 3 aliphatic heterocycles. The maximum absolute atomic E-state index is 12.0. The Morgan fingerprint density at radius 1 is 1.35 bits per heavy atom. The third-order valence-electron chi connectivity index (χ3n) is 5.34. The number of fused-ring (bicyclic) bond motifs is 1. The van der Waals surface area contributed by atoms with Gasteiger partial charge in [0.2, 0.25) is 5.91 Å². The van der Waals surface area contributed by atoms with Crippen LogP contribution in [-0.4, -0.2) is 85.8 Å². The van der Waals surface area contributed by atoms with Crippen molar-refractivity contribution in [1.29, 1.82) is 0 Å². The maximum Gasteiger partial charge on any atom is 0.313 e. The van der Waals surface area contributed by atoms with Crippen molar-refractivity contribution in [3.8, 4) is 0 Å². The Balaban J connectivity index is 1.62. The van der Waals surface area contributed by atoms with Crippen molar-refractivity contribution in [3.05, 3.63) is 0 Å². The molecule has 3 saturated heterocycles. The summed E-state index contributed by atoms with van der Waals surface area (Å²) in [6.07, 6.45) is 0. The molecule has 1 amide bonds. The Morgan fingerprint density at radius 3 is 2.61 bits per heavy atom. The van der Waals surface area contributed by atoms with Gasteiger partial charge >= 0.3 is 5.97 Å². The molecule has 130 valence electrons. The molecule has 0 aromatic rings. The van der Waals surface area contributed by atoms with Crippen molar-refractivity contribution in [1.82, 2.24) is 15.1 Å². The molecular weight excluding hydrogens is 298 g/mol. The van der Waals surface area contributed by atoms with Crippen LogP contribution in [0, 0.1) is 16.7 Å². The highest BCUT2D eigenvalue weighted by Gasteiger charge is 2.59. The number of rotatable bonds is 5. The van der Waals surface area contributed by atoms with Crippen molar-refractivity contribution in [2.24, 2.45) is 16.7 Å². The highest BCUT2D eigenvalue weighted by Crippen LogP contribution is 2.41. The Hall–Kier alpha value is -1.18. The van der Waals surface area contributed by atoms with Gasteiger partial charge in [-0.05, 0) is 5.41 Å². The standard InChI is InChI=1S/C16H27N3O4/c1-15(2,9-18-3-5-23-6-4-18)10-19-7-12-13(20)17-8-16(12,11-19)14(21)22/h12H,3-11H2,1-2H3,(H,17,20)(H,21,22)/t12-,16+/m0/s1. The summed E-state index contributed by atoms with van der Waals surface area (Å²) in [5.41, 5.74) is -0.891. The smallest absolute Gasteiger partial charge is 0.313 e. The molecular formula is C16H27N3O4. The topological polar surface area (TPSA) is 82.1 Å². The zero-order valence-electron chi connectivity index (χ0n) is 14.0. The first kappa shape index (κ1) is 16.7. The van der Waals surface area contributed by atoms with E-state index >= 15 is 0 Å². The van der Waals surface area contributed by atoms with Crippen molar-refractivity contribution >= 4 is 11.9 Å². The van der Waals surface area contributed by atoms with Gasteiger partial charge in [0.1, 0.15) is 5.41 Å². The van der Waals surface area contributed by atoms with Gasteiger partial charge in [0.05, 0.1) is 19.1 Å². The van der Waals surface area contributed by atoms with Gasteiger partial charge in [0.15, 0.2) is 0 Å². The van der Waals surface area contributed by atoms with Crippen LogP contribution in [0.4, 0.5) is 0 Å². The molecule has 7 heteroatoms. The second kappa shape index (κ2) is 6.03. The van der Waals surface area contributed by atoms with E-state index in [1.54, 1.807) is 0 Å². The van der Waals surface area contributed by atoms with Crippen molar-refractivity contribution in [2.45, 2.75) is 13.8 Å². The van der Waals surface area contributed by atoms with Gasteiger partial charge in [-0.25, -0.2) is 0 Å². The van der Waals surface area contributed by atoms with E-state index in [1.807, 2.05) is 0 Å². The number of aliphatic carboxylic acids is 1. The van der Waals surface area contributed by atoms with Crippen LogP contribution in [0.5, 0.6) is 0 Å². The molecule has 0 bridgehead atoms. The summed E-state index contributed by atoms with van der Waals surface area (Å²) in [4.78, 5) is 28.3. The number of nitrogens with one attached hydrogen (secondary N) is 1. The molecule has 3 fully saturated rings. The first-order valence-electron chi connectivity index (χ1n) is 8.36. The Labute approximate surface area is 136 Å². The van der Waals surface area contributed by atoms with Crippen molar-refractivity contribution in [3.63, 3.8) is 0 Å². The third-order valence-corrected chi connectivity index (χ3v) is 5.34. The van der Waals surface area contributed by atoms with Gasteiger partial charge in [0.25, 0.3) is 0 Å². The average molecular weight is 325 g/mol. The van der Waals surface area contributed by atoms with Gasteiger partial charge in [-0.1, -0.05) is 13.8 Å². The molecule has 0 unspecified atom stereocenters. The highest BCUT2D eigenvalue weighted by molar-refractivity contribution is 5.92. The summed E-state index contributed by atoms with van der Waals surface area (Å²) < 4.78 is 5.39. The monoisotopic (exact) mass is 325 g/mol. The van der Waals surface area contributed by atoms with Gasteiger partial charge < -0.3 is 20.1 Å². The summed E-state index contributed by atoms with van der Waals surface area (Å²) in [5, 5.41) is 12.4. The largest absolute Gasteiger partial charge is 0.481 e. The number of morpholine rings is 1. The minimum absolute atomic E-state index is 0.0478. The number of carbonyl (C=O) groups is 2. The molecule has 23 heavy (non-hydrogen) atoms. The molecule has 0 radical (unpaired) electrons. The zero-order chi connectivity index (χ0) is 16.7. The zero-order valence-corrected chi connectivity index (χ0v) is 14.0. The van der Waals surface area contributed by atoms with Crippen LogP contribution in [0.15, 0.2) is 0 Å². The summed E-state index contributed by atoms with van der Waals surface area (Å²) in [6.45, 7) is 10.9. The fraction of sp³-hybridized carbons (Fsp3) is 0.875. The quantitative estimate of drug-likeness (QED) is 0.708. The van der Waals surface area contributed by atoms with Crippen LogP contribution in [0.3, 0.4) is 0 Å². The number of ether oxygens (including phenoxy) is 1. The molecule has 0 aromatic carbocycles. The lowest BCUT2D eigenvalue weighted by atomic mass is 9.81. The molecule has 2 N–H and O–H groups in total. The lowest BCUT2D eigenvalue weighted by molar-refractivity contribution is -0.149. The third kappa shape index (κ3) is 3.22. The van der Waals surface area contributed by atoms with Crippen LogP contribution in [0.1, 0.15) is 13.8 Å². The number of nitrogens with zero attached hydrogens (tertiary/aromatic N) is 2. The molecule has 2 atom stereocenters. The van der Waals surface area contributed by atoms with Gasteiger partial charge in [0, 0.05) is 45.8 Å². The molecule has 0 spiro atoms. The molecule has 3 heterocycles. The maximum atomic E-state index is 12.0. The number of likely N-dealkylation sites (tertiary alicyclic amines) is 1. The first-order valence-corrected chi connectivity index (χ1v) is 8.36. The SMILES string of the molecule is CC(C)(CN1CCOCC1)CN1C[C@H]2C(=O)NC[C@@]2(C(=O)O)C1. The first-order chi connectivity index (χ1) is 10.8. The fourth-order valence-electron chi connectivity index (χ4n) is 4.32. The van der Waals surface area contributed by atoms with E-state index in [4.69, 9.17) is 4.74 Å². The summed E-state index contributed by atoms with van der Waals surface area (Å²) in [5.74, 6) is -1.38. The second-order valence-electron chi connectivity index (χ2n) is 7.95. The van der Waals surface area contributed by atoms with Crippen molar-refractivity contribution < 1.29 is 19.4 Å². The van der Waals surface area contributed by atoms with Crippen LogP contribution < -0.4 is 5.32 Å². The summed E-state index contributed by atoms with van der Waals surface area (Å²) in [6, 6.07) is 0. The molecule has 7 nitrogen and oxygen atoms in total. The summed E-state index contributed by atoms with van der Waals surface area (Å²) in [7, 11) is 0. The fourth-order valence-corrected chi connectivity index (χ4v) is 4.32. The normalized spacial score (nSPS) is 32.8. The number of amides is 1. The molecule has 0 aliphatic carbocycles. The van der Waals surface area contributed by atoms with E-state index < -0.39 is 17.3 Å². The van der Waals surface area contributed by atoms with Gasteiger partial charge in [-0.3, -0.25) is 14.5 Å². The van der Waals surface area contributed by atoms with Gasteiger partial charge in [-0.2, -0.15) is 0 Å². The number of hydrogen-bond acceptors (Lipinski definition) is 5. The Bertz CT molecular complexity index is 490. The highest BCUT2D eigenvalue weighted by atomic mass is 16.5. The number of carboxylic acid groups (broad SMARTS) is 1. The Kier molecular flexibility index (Phi) is 4.37. The molecule has 0 aromatic heterocycles. The van der Waals surface area contributed by atoms with E-state index in [0.29, 0.717) is 13.1 Å².